The molecule has 3 rings (SSSR count). The zero-order valence-corrected chi connectivity index (χ0v) is 20.5. The number of ether oxygens (including phenoxy) is 2. The summed E-state index contributed by atoms with van der Waals surface area (Å²) in [5.74, 6) is 0.165. The van der Waals surface area contributed by atoms with E-state index < -0.39 is 15.9 Å². The van der Waals surface area contributed by atoms with Crippen molar-refractivity contribution in [3.8, 4) is 11.5 Å². The molecular weight excluding hydrogens is 460 g/mol. The van der Waals surface area contributed by atoms with Crippen LogP contribution in [0.5, 0.6) is 11.5 Å². The Morgan fingerprint density at radius 1 is 0.970 bits per heavy atom. The summed E-state index contributed by atoms with van der Waals surface area (Å²) >= 11 is 1.55. The van der Waals surface area contributed by atoms with Gasteiger partial charge in [0.15, 0.2) is 11.5 Å². The number of sulfonamides is 1. The van der Waals surface area contributed by atoms with Crippen molar-refractivity contribution in [1.82, 2.24) is 0 Å². The molecule has 0 saturated carbocycles. The maximum Gasteiger partial charge on any atom is 0.257 e. The van der Waals surface area contributed by atoms with Crippen molar-refractivity contribution in [3.63, 3.8) is 0 Å². The summed E-state index contributed by atoms with van der Waals surface area (Å²) in [6.45, 7) is 0.0530. The number of nitrogens with zero attached hydrogens (tertiary/aromatic N) is 1. The number of amides is 1. The van der Waals surface area contributed by atoms with Crippen molar-refractivity contribution in [3.05, 3.63) is 77.9 Å². The van der Waals surface area contributed by atoms with Crippen molar-refractivity contribution < 1.29 is 22.7 Å². The predicted octanol–water partition coefficient (Wildman–Crippen LogP) is 4.64. The molecule has 9 heteroatoms. The molecule has 0 atom stereocenters. The van der Waals surface area contributed by atoms with E-state index in [1.165, 1.54) is 30.7 Å². The Labute approximate surface area is 198 Å². The molecule has 0 aliphatic carbocycles. The van der Waals surface area contributed by atoms with Crippen LogP contribution in [0.15, 0.2) is 71.6 Å². The van der Waals surface area contributed by atoms with Gasteiger partial charge >= 0.3 is 0 Å². The molecule has 3 aromatic rings. The lowest BCUT2D eigenvalue weighted by atomic mass is 10.1. The SMILES string of the molecule is COc1cc(C(=O)Nc2cccc(SC)c2)c(N(Cc2ccccc2)S(C)(=O)=O)cc1OC. The Balaban J connectivity index is 2.12. The summed E-state index contributed by atoms with van der Waals surface area (Å²) in [4.78, 5) is 14.3. The third-order valence-electron chi connectivity index (χ3n) is 4.91. The first kappa shape index (κ1) is 24.5. The average Bonchev–Trinajstić information content (AvgIpc) is 2.81. The molecule has 0 heterocycles. The van der Waals surface area contributed by atoms with Crippen molar-refractivity contribution in [1.29, 1.82) is 0 Å². The lowest BCUT2D eigenvalue weighted by molar-refractivity contribution is 0.102. The van der Waals surface area contributed by atoms with Crippen LogP contribution in [0.2, 0.25) is 0 Å². The average molecular weight is 487 g/mol. The number of rotatable bonds is 9. The van der Waals surface area contributed by atoms with E-state index in [9.17, 15) is 13.2 Å². The van der Waals surface area contributed by atoms with Crippen molar-refractivity contribution in [2.45, 2.75) is 11.4 Å². The first-order chi connectivity index (χ1) is 15.8. The van der Waals surface area contributed by atoms with E-state index in [1.807, 2.05) is 54.8 Å². The van der Waals surface area contributed by atoms with Gasteiger partial charge in [0, 0.05) is 16.6 Å². The Morgan fingerprint density at radius 3 is 2.24 bits per heavy atom. The van der Waals surface area contributed by atoms with Crippen LogP contribution >= 0.6 is 11.8 Å². The second kappa shape index (κ2) is 10.6. The number of thioether (sulfide) groups is 1. The van der Waals surface area contributed by atoms with Crippen LogP contribution in [-0.2, 0) is 16.6 Å². The molecule has 1 N–H and O–H groups in total. The molecule has 0 bridgehead atoms. The van der Waals surface area contributed by atoms with Crippen molar-refractivity contribution in [2.24, 2.45) is 0 Å². The lowest BCUT2D eigenvalue weighted by Gasteiger charge is -2.26. The number of hydrogen-bond donors (Lipinski definition) is 1. The maximum absolute atomic E-state index is 13.4. The molecule has 0 aliphatic rings. The number of nitrogens with one attached hydrogen (secondary N) is 1. The van der Waals surface area contributed by atoms with Crippen LogP contribution in [0.4, 0.5) is 11.4 Å². The number of carbonyl (C=O) groups excluding carboxylic acids is 1. The third-order valence-corrected chi connectivity index (χ3v) is 6.76. The molecule has 33 heavy (non-hydrogen) atoms. The number of benzene rings is 3. The van der Waals surface area contributed by atoms with Gasteiger partial charge in [-0.1, -0.05) is 36.4 Å². The first-order valence-electron chi connectivity index (χ1n) is 10.00. The van der Waals surface area contributed by atoms with Gasteiger partial charge in [-0.25, -0.2) is 8.42 Å². The Kier molecular flexibility index (Phi) is 7.88. The highest BCUT2D eigenvalue weighted by molar-refractivity contribution is 7.98. The quantitative estimate of drug-likeness (QED) is 0.444. The van der Waals surface area contributed by atoms with Crippen molar-refractivity contribution >= 4 is 39.1 Å². The van der Waals surface area contributed by atoms with Gasteiger partial charge in [-0.05, 0) is 36.1 Å². The second-order valence-corrected chi connectivity index (χ2v) is 9.95. The Bertz CT molecular complexity index is 1230. The number of anilines is 2. The number of hydrogen-bond acceptors (Lipinski definition) is 6. The van der Waals surface area contributed by atoms with E-state index in [-0.39, 0.29) is 17.8 Å². The number of carbonyl (C=O) groups is 1. The molecule has 0 fully saturated rings. The highest BCUT2D eigenvalue weighted by Gasteiger charge is 2.26. The molecule has 7 nitrogen and oxygen atoms in total. The van der Waals surface area contributed by atoms with E-state index in [0.29, 0.717) is 17.2 Å². The Morgan fingerprint density at radius 2 is 1.64 bits per heavy atom. The first-order valence-corrected chi connectivity index (χ1v) is 13.1. The minimum absolute atomic E-state index is 0.0530. The largest absolute Gasteiger partial charge is 0.493 e. The van der Waals surface area contributed by atoms with E-state index in [4.69, 9.17) is 9.47 Å². The van der Waals surface area contributed by atoms with Gasteiger partial charge in [-0.3, -0.25) is 9.10 Å². The van der Waals surface area contributed by atoms with E-state index in [2.05, 4.69) is 5.32 Å². The zero-order chi connectivity index (χ0) is 24.0. The van der Waals surface area contributed by atoms with Crippen LogP contribution in [0.1, 0.15) is 15.9 Å². The van der Waals surface area contributed by atoms with E-state index in [0.717, 1.165) is 16.7 Å². The predicted molar refractivity (Wildman–Crippen MR) is 133 cm³/mol. The lowest BCUT2D eigenvalue weighted by Crippen LogP contribution is -2.31. The molecule has 0 radical (unpaired) electrons. The van der Waals surface area contributed by atoms with Crippen LogP contribution in [-0.4, -0.2) is 41.1 Å². The van der Waals surface area contributed by atoms with Crippen LogP contribution < -0.4 is 19.1 Å². The van der Waals surface area contributed by atoms with Gasteiger partial charge in [0.05, 0.1) is 38.3 Å². The normalized spacial score (nSPS) is 11.0. The summed E-state index contributed by atoms with van der Waals surface area (Å²) in [7, 11) is -0.833. The molecule has 174 valence electrons. The van der Waals surface area contributed by atoms with Gasteiger partial charge in [-0.15, -0.1) is 11.8 Å². The Hall–Kier alpha value is -3.17. The molecule has 0 aromatic heterocycles. The molecule has 1 amide bonds. The van der Waals surface area contributed by atoms with Gasteiger partial charge in [-0.2, -0.15) is 0 Å². The fourth-order valence-corrected chi connectivity index (χ4v) is 4.64. The molecular formula is C24H26N2O5S2. The summed E-state index contributed by atoms with van der Waals surface area (Å²) in [5, 5.41) is 2.86. The minimum Gasteiger partial charge on any atom is -0.493 e. The fourth-order valence-electron chi connectivity index (χ4n) is 3.29. The molecule has 0 unspecified atom stereocenters. The maximum atomic E-state index is 13.4. The fraction of sp³-hybridized carbons (Fsp3) is 0.208. The van der Waals surface area contributed by atoms with Gasteiger partial charge in [0.25, 0.3) is 5.91 Å². The minimum atomic E-state index is -3.75. The number of methoxy groups -OCH3 is 2. The summed E-state index contributed by atoms with van der Waals surface area (Å²) < 4.78 is 37.6. The monoisotopic (exact) mass is 486 g/mol. The highest BCUT2D eigenvalue weighted by atomic mass is 32.2. The van der Waals surface area contributed by atoms with Gasteiger partial charge in [0.1, 0.15) is 0 Å². The van der Waals surface area contributed by atoms with Gasteiger partial charge in [0.2, 0.25) is 10.0 Å². The second-order valence-electron chi connectivity index (χ2n) is 7.17. The molecule has 0 spiro atoms. The van der Waals surface area contributed by atoms with E-state index in [1.54, 1.807) is 17.8 Å². The van der Waals surface area contributed by atoms with Crippen LogP contribution in [0.25, 0.3) is 0 Å². The molecule has 3 aromatic carbocycles. The summed E-state index contributed by atoms with van der Waals surface area (Å²) in [6.07, 6.45) is 3.05. The molecule has 0 aliphatic heterocycles. The third kappa shape index (κ3) is 6.00. The van der Waals surface area contributed by atoms with E-state index >= 15 is 0 Å². The summed E-state index contributed by atoms with van der Waals surface area (Å²) in [6, 6.07) is 19.6. The highest BCUT2D eigenvalue weighted by Crippen LogP contribution is 2.37. The topological polar surface area (TPSA) is 84.9 Å². The van der Waals surface area contributed by atoms with Crippen LogP contribution in [0, 0.1) is 0 Å². The summed E-state index contributed by atoms with van der Waals surface area (Å²) in [5.41, 5.74) is 1.71. The zero-order valence-electron chi connectivity index (χ0n) is 18.9. The van der Waals surface area contributed by atoms with Crippen molar-refractivity contribution in [2.75, 3.05) is 36.4 Å². The standard InChI is InChI=1S/C24H26N2O5S2/c1-30-22-14-20(24(27)25-18-11-8-12-19(13-18)32-3)21(15-23(22)31-2)26(33(4,28)29)16-17-9-6-5-7-10-17/h5-15H,16H2,1-4H3,(H,25,27). The van der Waals surface area contributed by atoms with Gasteiger partial charge < -0.3 is 14.8 Å². The smallest absolute Gasteiger partial charge is 0.257 e. The molecule has 0 saturated heterocycles. The van der Waals surface area contributed by atoms with Crippen LogP contribution in [0.3, 0.4) is 0 Å².